The first-order valence-electron chi connectivity index (χ1n) is 14.0. The van der Waals surface area contributed by atoms with Gasteiger partial charge < -0.3 is 20.6 Å². The molecule has 0 fully saturated rings. The van der Waals surface area contributed by atoms with Crippen LogP contribution in [0.5, 0.6) is 0 Å². The number of ether oxygens (including phenoxy) is 1. The molecular formula is C32H44N4O5. The first kappa shape index (κ1) is 34.8. The highest BCUT2D eigenvalue weighted by molar-refractivity contribution is 5.95. The van der Waals surface area contributed by atoms with Gasteiger partial charge in [-0.3, -0.25) is 9.59 Å². The number of aromatic nitrogens is 2. The van der Waals surface area contributed by atoms with E-state index in [2.05, 4.69) is 83.3 Å². The second kappa shape index (κ2) is 22.5. The summed E-state index contributed by atoms with van der Waals surface area (Å²) < 4.78 is 5.21. The lowest BCUT2D eigenvalue weighted by Gasteiger charge is -2.16. The van der Waals surface area contributed by atoms with E-state index in [0.29, 0.717) is 16.8 Å². The summed E-state index contributed by atoms with van der Waals surface area (Å²) in [6, 6.07) is -1.12. The van der Waals surface area contributed by atoms with E-state index >= 15 is 0 Å². The lowest BCUT2D eigenvalue weighted by atomic mass is 10.2. The molecule has 1 aromatic rings. The number of hydrogen-bond donors (Lipinski definition) is 2. The van der Waals surface area contributed by atoms with Crippen molar-refractivity contribution in [3.05, 3.63) is 102 Å². The minimum atomic E-state index is -1.12. The largest absolute Gasteiger partial charge is 0.618 e. The van der Waals surface area contributed by atoms with Crippen LogP contribution in [0.25, 0.3) is 0 Å². The molecule has 0 aliphatic heterocycles. The van der Waals surface area contributed by atoms with Crippen LogP contribution in [0.15, 0.2) is 85.3 Å². The molecule has 0 aromatic carbocycles. The van der Waals surface area contributed by atoms with Gasteiger partial charge in [-0.1, -0.05) is 79.8 Å². The lowest BCUT2D eigenvalue weighted by molar-refractivity contribution is -0.613. The molecule has 1 aromatic heterocycles. The Morgan fingerprint density at radius 1 is 0.902 bits per heavy atom. The van der Waals surface area contributed by atoms with Gasteiger partial charge in [-0.2, -0.15) is 4.73 Å². The van der Waals surface area contributed by atoms with Crippen LogP contribution in [-0.2, 0) is 14.3 Å². The second-order valence-electron chi connectivity index (χ2n) is 9.05. The van der Waals surface area contributed by atoms with Crippen LogP contribution >= 0.6 is 0 Å². The third kappa shape index (κ3) is 17.1. The van der Waals surface area contributed by atoms with Gasteiger partial charge in [0.15, 0.2) is 5.69 Å². The minimum Gasteiger partial charge on any atom is -0.618 e. The summed E-state index contributed by atoms with van der Waals surface area (Å²) in [6.45, 7) is 3.54. The van der Waals surface area contributed by atoms with Crippen molar-refractivity contribution in [2.75, 3.05) is 13.7 Å². The van der Waals surface area contributed by atoms with E-state index in [1.807, 2.05) is 12.2 Å². The van der Waals surface area contributed by atoms with Crippen molar-refractivity contribution in [3.8, 4) is 0 Å². The number of allylic oxidation sites excluding steroid dienone is 12. The first-order chi connectivity index (χ1) is 19.9. The van der Waals surface area contributed by atoms with Crippen LogP contribution in [0.3, 0.4) is 0 Å². The summed E-state index contributed by atoms with van der Waals surface area (Å²) in [5.74, 6) is -1.71. The average molecular weight is 565 g/mol. The molecule has 0 aliphatic rings. The Balaban J connectivity index is 2.23. The van der Waals surface area contributed by atoms with Crippen molar-refractivity contribution < 1.29 is 23.9 Å². The van der Waals surface area contributed by atoms with Crippen LogP contribution in [0.4, 0.5) is 0 Å². The molecule has 0 radical (unpaired) electrons. The van der Waals surface area contributed by atoms with Crippen LogP contribution in [0, 0.1) is 12.1 Å². The Kier molecular flexibility index (Phi) is 19.1. The Morgan fingerprint density at radius 2 is 1.41 bits per heavy atom. The summed E-state index contributed by atoms with van der Waals surface area (Å²) in [6.07, 6.45) is 34.2. The number of carbonyl (C=O) groups excluding carboxylic acids is 3. The normalized spacial score (nSPS) is 12.9. The third-order valence-corrected chi connectivity index (χ3v) is 5.64. The molecule has 41 heavy (non-hydrogen) atoms. The minimum absolute atomic E-state index is 0.149. The van der Waals surface area contributed by atoms with Gasteiger partial charge in [-0.25, -0.2) is 9.78 Å². The van der Waals surface area contributed by atoms with Crippen molar-refractivity contribution in [2.24, 2.45) is 0 Å². The Morgan fingerprint density at radius 3 is 1.90 bits per heavy atom. The quantitative estimate of drug-likeness (QED) is 0.107. The third-order valence-electron chi connectivity index (χ3n) is 5.64. The van der Waals surface area contributed by atoms with Crippen molar-refractivity contribution in [1.82, 2.24) is 15.6 Å². The van der Waals surface area contributed by atoms with Crippen LogP contribution in [0.2, 0.25) is 0 Å². The van der Waals surface area contributed by atoms with Gasteiger partial charge in [0.1, 0.15) is 6.04 Å². The fourth-order valence-corrected chi connectivity index (χ4v) is 3.31. The average Bonchev–Trinajstić information content (AvgIpc) is 2.97. The molecule has 222 valence electrons. The highest BCUT2D eigenvalue weighted by Gasteiger charge is 2.24. The molecule has 0 saturated heterocycles. The van der Waals surface area contributed by atoms with E-state index in [-0.39, 0.29) is 24.6 Å². The van der Waals surface area contributed by atoms with Gasteiger partial charge in [0.05, 0.1) is 13.3 Å². The molecule has 9 nitrogen and oxygen atoms in total. The van der Waals surface area contributed by atoms with E-state index in [1.165, 1.54) is 13.3 Å². The predicted molar refractivity (Wildman–Crippen MR) is 162 cm³/mol. The lowest BCUT2D eigenvalue weighted by Crippen LogP contribution is -2.49. The van der Waals surface area contributed by atoms with E-state index < -0.39 is 17.9 Å². The zero-order valence-corrected chi connectivity index (χ0v) is 24.5. The molecule has 1 unspecified atom stereocenters. The van der Waals surface area contributed by atoms with Gasteiger partial charge in [0.25, 0.3) is 5.91 Å². The van der Waals surface area contributed by atoms with Gasteiger partial charge in [-0.05, 0) is 44.9 Å². The zero-order valence-electron chi connectivity index (χ0n) is 24.5. The molecule has 2 N–H and O–H groups in total. The summed E-state index contributed by atoms with van der Waals surface area (Å²) >= 11 is 0. The molecular weight excluding hydrogens is 520 g/mol. The first-order valence-corrected chi connectivity index (χ1v) is 14.0. The molecule has 9 heteroatoms. The van der Waals surface area contributed by atoms with Crippen molar-refractivity contribution in [1.29, 1.82) is 0 Å². The fourth-order valence-electron chi connectivity index (χ4n) is 3.31. The highest BCUT2D eigenvalue weighted by Crippen LogP contribution is 1.99. The number of aryl methyl sites for hydroxylation is 1. The standard InChI is InChI=1S/C32H44N4O5/c1-4-5-6-7-8-9-10-11-12-13-14-15-16-17-18-19-20-21-22-23-30(37)34-25-28(32(39)41-3)35-31(38)29-26-36(40)27(2)24-33-29/h5-6,8-9,11-12,14-15,17-18,20-21,24,26,28H,4,7,10,13,16,19,22-23,25H2,1-3H3,(H,34,37)(H,35,38). The van der Waals surface area contributed by atoms with E-state index in [0.717, 1.165) is 44.7 Å². The van der Waals surface area contributed by atoms with Crippen LogP contribution in [0.1, 0.15) is 74.5 Å². The van der Waals surface area contributed by atoms with Crippen molar-refractivity contribution in [2.45, 2.75) is 71.3 Å². The highest BCUT2D eigenvalue weighted by atomic mass is 16.5. The van der Waals surface area contributed by atoms with Crippen molar-refractivity contribution in [3.63, 3.8) is 0 Å². The maximum Gasteiger partial charge on any atom is 0.330 e. The van der Waals surface area contributed by atoms with E-state index in [4.69, 9.17) is 4.74 Å². The SMILES string of the molecule is CCC=CCC=CCC=CCC=CCC=CCC=CCCC(=O)NCC(NC(=O)c1c[n+]([O-])c(C)cn1)C(=O)OC. The summed E-state index contributed by atoms with van der Waals surface area (Å²) in [4.78, 5) is 40.5. The molecule has 0 bridgehead atoms. The number of amides is 2. The summed E-state index contributed by atoms with van der Waals surface area (Å²) in [5.41, 5.74) is 0.175. The van der Waals surface area contributed by atoms with E-state index in [1.54, 1.807) is 6.92 Å². The molecule has 2 amide bonds. The molecule has 1 heterocycles. The molecule has 1 rings (SSSR count). The van der Waals surface area contributed by atoms with Gasteiger partial charge in [-0.15, -0.1) is 0 Å². The van der Waals surface area contributed by atoms with Gasteiger partial charge >= 0.3 is 5.97 Å². The van der Waals surface area contributed by atoms with Gasteiger partial charge in [0.2, 0.25) is 17.8 Å². The van der Waals surface area contributed by atoms with Crippen molar-refractivity contribution >= 4 is 17.8 Å². The number of nitrogens with zero attached hydrogens (tertiary/aromatic N) is 2. The number of esters is 1. The number of hydrogen-bond acceptors (Lipinski definition) is 6. The maximum atomic E-state index is 12.4. The second-order valence-corrected chi connectivity index (χ2v) is 9.05. The smallest absolute Gasteiger partial charge is 0.330 e. The topological polar surface area (TPSA) is 124 Å². The number of methoxy groups -OCH3 is 1. The van der Waals surface area contributed by atoms with E-state index in [9.17, 15) is 19.6 Å². The van der Waals surface area contributed by atoms with Crippen LogP contribution < -0.4 is 15.4 Å². The fraction of sp³-hybridized carbons (Fsp3) is 0.406. The monoisotopic (exact) mass is 564 g/mol. The molecule has 0 spiro atoms. The zero-order chi connectivity index (χ0) is 30.1. The molecule has 1 atom stereocenters. The van der Waals surface area contributed by atoms with Gasteiger partial charge in [0, 0.05) is 19.9 Å². The van der Waals surface area contributed by atoms with Crippen LogP contribution in [-0.4, -0.2) is 42.5 Å². The summed E-state index contributed by atoms with van der Waals surface area (Å²) in [7, 11) is 1.18. The maximum absolute atomic E-state index is 12.4. The Labute approximate surface area is 244 Å². The number of rotatable bonds is 19. The number of carbonyl (C=O) groups is 3. The predicted octanol–water partition coefficient (Wildman–Crippen LogP) is 4.89. The Bertz CT molecular complexity index is 1120. The molecule has 0 saturated carbocycles. The Hall–Kier alpha value is -4.27. The summed E-state index contributed by atoms with van der Waals surface area (Å²) in [5, 5.41) is 16.7. The molecule has 0 aliphatic carbocycles. The number of nitrogens with one attached hydrogen (secondary N) is 2.